The fraction of sp³-hybridized carbons (Fsp3) is 0.250. The van der Waals surface area contributed by atoms with E-state index in [1.165, 1.54) is 0 Å². The first-order valence-corrected chi connectivity index (χ1v) is 5.24. The van der Waals surface area contributed by atoms with Gasteiger partial charge in [-0.2, -0.15) is 0 Å². The van der Waals surface area contributed by atoms with Gasteiger partial charge in [-0.1, -0.05) is 6.08 Å². The molecule has 0 radical (unpaired) electrons. The maximum atomic E-state index is 10.1. The summed E-state index contributed by atoms with van der Waals surface area (Å²) in [6.07, 6.45) is 9.55. The lowest BCUT2D eigenvalue weighted by atomic mass is 10.2. The Morgan fingerprint density at radius 3 is 3.19 bits per heavy atom. The van der Waals surface area contributed by atoms with Crippen molar-refractivity contribution in [3.8, 4) is 0 Å². The first kappa shape index (κ1) is 10.5. The number of carbonyl (C=O) groups excluding carboxylic acids is 1. The van der Waals surface area contributed by atoms with E-state index >= 15 is 0 Å². The van der Waals surface area contributed by atoms with Gasteiger partial charge in [-0.15, -0.1) is 0 Å². The highest BCUT2D eigenvalue weighted by molar-refractivity contribution is 5.47. The van der Waals surface area contributed by atoms with Crippen molar-refractivity contribution < 1.29 is 9.90 Å². The van der Waals surface area contributed by atoms with Crippen LogP contribution in [0.15, 0.2) is 18.0 Å². The van der Waals surface area contributed by atoms with Crippen LogP contribution in [0, 0.1) is 0 Å². The van der Waals surface area contributed by atoms with Crippen molar-refractivity contribution in [2.45, 2.75) is 12.8 Å². The van der Waals surface area contributed by atoms with Gasteiger partial charge in [-0.05, 0) is 29.4 Å². The molecule has 1 aromatic heterocycles. The number of H-pyrrole nitrogens is 1. The van der Waals surface area contributed by atoms with Crippen LogP contribution in [-0.2, 0) is 11.2 Å². The molecule has 0 aromatic carbocycles. The van der Waals surface area contributed by atoms with Crippen molar-refractivity contribution in [1.29, 1.82) is 0 Å². The molecule has 0 spiro atoms. The van der Waals surface area contributed by atoms with E-state index in [1.54, 1.807) is 6.08 Å². The van der Waals surface area contributed by atoms with Crippen LogP contribution in [0.25, 0.3) is 12.2 Å². The second-order valence-electron chi connectivity index (χ2n) is 3.70. The Hall–Kier alpha value is -1.97. The molecule has 1 amide bonds. The summed E-state index contributed by atoms with van der Waals surface area (Å²) in [5.74, 6) is 0.363. The average molecular weight is 218 g/mol. The Bertz CT molecular complexity index is 526. The van der Waals surface area contributed by atoms with E-state index in [0.29, 0.717) is 25.1 Å². The van der Waals surface area contributed by atoms with Gasteiger partial charge < -0.3 is 15.4 Å². The van der Waals surface area contributed by atoms with Gasteiger partial charge in [0, 0.05) is 24.5 Å². The fourth-order valence-electron chi connectivity index (χ4n) is 1.80. The number of amides is 1. The average Bonchev–Trinajstić information content (AvgIpc) is 2.57. The number of aromatic amines is 1. The molecule has 84 valence electrons. The lowest BCUT2D eigenvalue weighted by molar-refractivity contribution is -0.109. The quantitative estimate of drug-likeness (QED) is 0.480. The Balaban J connectivity index is 2.27. The maximum Gasteiger partial charge on any atom is 0.207 e. The van der Waals surface area contributed by atoms with Crippen molar-refractivity contribution in [1.82, 2.24) is 10.3 Å². The van der Waals surface area contributed by atoms with Crippen molar-refractivity contribution in [3.05, 3.63) is 34.2 Å². The molecule has 1 aromatic rings. The second kappa shape index (κ2) is 4.70. The number of aromatic nitrogens is 1. The predicted octanol–water partition coefficient (Wildman–Crippen LogP) is -0.290. The molecule has 1 aliphatic carbocycles. The van der Waals surface area contributed by atoms with Crippen LogP contribution in [0.2, 0.25) is 0 Å². The van der Waals surface area contributed by atoms with E-state index in [-0.39, 0.29) is 0 Å². The minimum atomic E-state index is 0.363. The smallest absolute Gasteiger partial charge is 0.207 e. The SMILES string of the molecule is O=CNCCc1c[nH]c2c1=CCC(O)=CC=2. The Morgan fingerprint density at radius 2 is 2.38 bits per heavy atom. The van der Waals surface area contributed by atoms with E-state index in [9.17, 15) is 9.90 Å². The fourth-order valence-corrected chi connectivity index (χ4v) is 1.80. The third kappa shape index (κ3) is 2.16. The molecule has 0 atom stereocenters. The molecule has 1 aliphatic rings. The van der Waals surface area contributed by atoms with Crippen LogP contribution in [0.5, 0.6) is 0 Å². The second-order valence-corrected chi connectivity index (χ2v) is 3.70. The van der Waals surface area contributed by atoms with Gasteiger partial charge >= 0.3 is 0 Å². The molecule has 0 bridgehead atoms. The molecule has 4 nitrogen and oxygen atoms in total. The summed E-state index contributed by atoms with van der Waals surface area (Å²) >= 11 is 0. The number of aliphatic hydroxyl groups is 1. The van der Waals surface area contributed by atoms with E-state index in [4.69, 9.17) is 0 Å². The molecule has 0 aliphatic heterocycles. The van der Waals surface area contributed by atoms with Crippen molar-refractivity contribution in [2.24, 2.45) is 0 Å². The van der Waals surface area contributed by atoms with Gasteiger partial charge in [0.25, 0.3) is 0 Å². The Morgan fingerprint density at radius 1 is 1.50 bits per heavy atom. The predicted molar refractivity (Wildman–Crippen MR) is 62.1 cm³/mol. The number of rotatable bonds is 4. The zero-order valence-electron chi connectivity index (χ0n) is 8.86. The van der Waals surface area contributed by atoms with E-state index in [0.717, 1.165) is 22.6 Å². The zero-order chi connectivity index (χ0) is 11.4. The van der Waals surface area contributed by atoms with Crippen LogP contribution in [-0.4, -0.2) is 23.0 Å². The van der Waals surface area contributed by atoms with Crippen LogP contribution < -0.4 is 15.9 Å². The first-order chi connectivity index (χ1) is 7.81. The van der Waals surface area contributed by atoms with Crippen LogP contribution in [0.3, 0.4) is 0 Å². The largest absolute Gasteiger partial charge is 0.512 e. The Kier molecular flexibility index (Phi) is 3.10. The van der Waals surface area contributed by atoms with Gasteiger partial charge in [-0.3, -0.25) is 4.79 Å². The molecule has 0 unspecified atom stereocenters. The highest BCUT2D eigenvalue weighted by atomic mass is 16.3. The molecule has 0 saturated carbocycles. The molecule has 0 fully saturated rings. The number of nitrogens with one attached hydrogen (secondary N) is 2. The summed E-state index contributed by atoms with van der Waals surface area (Å²) < 4.78 is 0. The summed E-state index contributed by atoms with van der Waals surface area (Å²) in [6.45, 7) is 0.626. The summed E-state index contributed by atoms with van der Waals surface area (Å²) in [5, 5.41) is 14.2. The van der Waals surface area contributed by atoms with E-state index in [1.807, 2.05) is 18.3 Å². The van der Waals surface area contributed by atoms with Crippen molar-refractivity contribution in [3.63, 3.8) is 0 Å². The lowest BCUT2D eigenvalue weighted by Gasteiger charge is -1.96. The van der Waals surface area contributed by atoms with Gasteiger partial charge in [-0.25, -0.2) is 0 Å². The van der Waals surface area contributed by atoms with Gasteiger partial charge in [0.2, 0.25) is 6.41 Å². The normalized spacial score (nSPS) is 13.9. The number of allylic oxidation sites excluding steroid dienone is 2. The monoisotopic (exact) mass is 218 g/mol. The number of hydrogen-bond acceptors (Lipinski definition) is 2. The molecule has 2 rings (SSSR count). The topological polar surface area (TPSA) is 65.1 Å². The number of fused-ring (bicyclic) bond motifs is 1. The third-order valence-corrected chi connectivity index (χ3v) is 2.62. The highest BCUT2D eigenvalue weighted by Gasteiger charge is 2.02. The van der Waals surface area contributed by atoms with Crippen molar-refractivity contribution >= 4 is 18.6 Å². The molecular weight excluding hydrogens is 204 g/mol. The van der Waals surface area contributed by atoms with Gasteiger partial charge in [0.15, 0.2) is 0 Å². The summed E-state index contributed by atoms with van der Waals surface area (Å²) in [5.41, 5.74) is 1.16. The lowest BCUT2D eigenvalue weighted by Crippen LogP contribution is -2.26. The molecule has 3 N–H and O–H groups in total. The minimum Gasteiger partial charge on any atom is -0.512 e. The maximum absolute atomic E-state index is 10.1. The molecule has 16 heavy (non-hydrogen) atoms. The standard InChI is InChI=1S/C12H14N2O2/c15-8-13-6-5-9-7-14-12-4-2-10(16)1-3-11(9)12/h2-4,7-8,14,16H,1,5-6H2,(H,13,15). The third-order valence-electron chi connectivity index (χ3n) is 2.62. The molecule has 0 saturated heterocycles. The molecular formula is C12H14N2O2. The summed E-state index contributed by atoms with van der Waals surface area (Å²) in [7, 11) is 0. The molecule has 1 heterocycles. The van der Waals surface area contributed by atoms with Crippen LogP contribution in [0.1, 0.15) is 12.0 Å². The number of aliphatic hydroxyl groups excluding tert-OH is 1. The van der Waals surface area contributed by atoms with Crippen LogP contribution >= 0.6 is 0 Å². The minimum absolute atomic E-state index is 0.363. The van der Waals surface area contributed by atoms with Crippen LogP contribution in [0.4, 0.5) is 0 Å². The number of carbonyl (C=O) groups is 1. The van der Waals surface area contributed by atoms with Gasteiger partial charge in [0.1, 0.15) is 0 Å². The van der Waals surface area contributed by atoms with Crippen molar-refractivity contribution in [2.75, 3.05) is 6.54 Å². The summed E-state index contributed by atoms with van der Waals surface area (Å²) in [6, 6.07) is 0. The molecule has 4 heteroatoms. The zero-order valence-corrected chi connectivity index (χ0v) is 8.86. The highest BCUT2D eigenvalue weighted by Crippen LogP contribution is 2.00. The number of hydrogen-bond donors (Lipinski definition) is 3. The van der Waals surface area contributed by atoms with E-state index < -0.39 is 0 Å². The van der Waals surface area contributed by atoms with Gasteiger partial charge in [0.05, 0.1) is 5.76 Å². The van der Waals surface area contributed by atoms with E-state index in [2.05, 4.69) is 10.3 Å². The summed E-state index contributed by atoms with van der Waals surface area (Å²) in [4.78, 5) is 13.3. The Labute approximate surface area is 93.0 Å². The first-order valence-electron chi connectivity index (χ1n) is 5.24.